The number of aromatic nitrogens is 1. The van der Waals surface area contributed by atoms with E-state index in [2.05, 4.69) is 4.98 Å². The van der Waals surface area contributed by atoms with Gasteiger partial charge < -0.3 is 5.73 Å². The zero-order valence-electron chi connectivity index (χ0n) is 11.8. The molecule has 2 heterocycles. The molecule has 0 saturated carbocycles. The lowest BCUT2D eigenvalue weighted by atomic mass is 9.81. The fraction of sp³-hybridized carbons (Fsp3) is 0.750. The largest absolute Gasteiger partial charge is 0.327 e. The second-order valence-corrected chi connectivity index (χ2v) is 9.16. The van der Waals surface area contributed by atoms with Crippen LogP contribution in [0.5, 0.6) is 0 Å². The maximum absolute atomic E-state index is 12.7. The average molecular weight is 303 g/mol. The molecule has 19 heavy (non-hydrogen) atoms. The molecule has 1 aliphatic rings. The van der Waals surface area contributed by atoms with Crippen molar-refractivity contribution >= 4 is 21.4 Å². The van der Waals surface area contributed by atoms with Gasteiger partial charge in [-0.3, -0.25) is 0 Å². The lowest BCUT2D eigenvalue weighted by molar-refractivity contribution is 0.155. The van der Waals surface area contributed by atoms with E-state index in [1.807, 2.05) is 20.8 Å². The molecule has 1 atom stereocenters. The van der Waals surface area contributed by atoms with E-state index >= 15 is 0 Å². The van der Waals surface area contributed by atoms with Gasteiger partial charge >= 0.3 is 0 Å². The van der Waals surface area contributed by atoms with Crippen LogP contribution in [0.4, 0.5) is 0 Å². The lowest BCUT2D eigenvalue weighted by Crippen LogP contribution is -2.53. The molecule has 108 valence electrons. The van der Waals surface area contributed by atoms with Gasteiger partial charge in [0.2, 0.25) is 0 Å². The van der Waals surface area contributed by atoms with Crippen LogP contribution < -0.4 is 5.73 Å². The summed E-state index contributed by atoms with van der Waals surface area (Å²) in [5.74, 6) is 0. The van der Waals surface area contributed by atoms with Crippen molar-refractivity contribution in [1.29, 1.82) is 0 Å². The minimum absolute atomic E-state index is 0.0447. The number of piperidine rings is 1. The summed E-state index contributed by atoms with van der Waals surface area (Å²) in [5.41, 5.74) is 6.46. The van der Waals surface area contributed by atoms with E-state index in [1.54, 1.807) is 11.2 Å². The highest BCUT2D eigenvalue weighted by Gasteiger charge is 2.39. The van der Waals surface area contributed by atoms with Crippen molar-refractivity contribution in [3.63, 3.8) is 0 Å². The van der Waals surface area contributed by atoms with Gasteiger partial charge in [0.1, 0.15) is 0 Å². The molecule has 2 rings (SSSR count). The zero-order valence-corrected chi connectivity index (χ0v) is 13.4. The molecule has 0 radical (unpaired) electrons. The Labute approximate surface area is 118 Å². The quantitative estimate of drug-likeness (QED) is 0.898. The molecule has 1 unspecified atom stereocenters. The van der Waals surface area contributed by atoms with Crippen LogP contribution in [0.1, 0.15) is 31.0 Å². The topological polar surface area (TPSA) is 76.3 Å². The summed E-state index contributed by atoms with van der Waals surface area (Å²) in [7, 11) is -3.43. The van der Waals surface area contributed by atoms with Gasteiger partial charge in [0.05, 0.1) is 10.7 Å². The summed E-state index contributed by atoms with van der Waals surface area (Å²) < 4.78 is 27.3. The Kier molecular flexibility index (Phi) is 3.77. The fourth-order valence-corrected chi connectivity index (χ4v) is 5.64. The Morgan fingerprint density at radius 3 is 2.53 bits per heavy atom. The molecule has 1 aromatic heterocycles. The summed E-state index contributed by atoms with van der Waals surface area (Å²) >= 11 is 1.24. The third-order valence-corrected chi connectivity index (χ3v) is 7.22. The highest BCUT2D eigenvalue weighted by Crippen LogP contribution is 2.33. The van der Waals surface area contributed by atoms with E-state index in [9.17, 15) is 8.42 Å². The van der Waals surface area contributed by atoms with Gasteiger partial charge in [-0.15, -0.1) is 11.3 Å². The number of nitrogens with zero attached hydrogens (tertiary/aromatic N) is 2. The van der Waals surface area contributed by atoms with Gasteiger partial charge in [0.15, 0.2) is 4.21 Å². The second kappa shape index (κ2) is 4.80. The number of hydrogen-bond acceptors (Lipinski definition) is 5. The third kappa shape index (κ3) is 2.69. The van der Waals surface area contributed by atoms with Gasteiger partial charge in [0, 0.05) is 19.1 Å². The molecule has 0 aliphatic carbocycles. The average Bonchev–Trinajstić information content (AvgIpc) is 2.62. The molecule has 1 aliphatic heterocycles. The lowest BCUT2D eigenvalue weighted by Gasteiger charge is -2.41. The number of thiazole rings is 1. The first-order valence-corrected chi connectivity index (χ1v) is 8.60. The molecule has 1 fully saturated rings. The first-order valence-electron chi connectivity index (χ1n) is 6.34. The first kappa shape index (κ1) is 14.9. The van der Waals surface area contributed by atoms with Crippen LogP contribution in [0.15, 0.2) is 4.21 Å². The molecule has 0 spiro atoms. The predicted octanol–water partition coefficient (Wildman–Crippen LogP) is 1.51. The normalized spacial score (nSPS) is 24.6. The molecule has 0 bridgehead atoms. The highest BCUT2D eigenvalue weighted by atomic mass is 32.2. The Morgan fingerprint density at radius 1 is 1.42 bits per heavy atom. The molecule has 0 aromatic carbocycles. The fourth-order valence-electron chi connectivity index (χ4n) is 2.40. The van der Waals surface area contributed by atoms with Gasteiger partial charge in [-0.25, -0.2) is 13.4 Å². The standard InChI is InChI=1S/C12H21N3O2S2/c1-8-11(18-9(2)14-8)19(16,17)15-6-5-10(13)12(3,4)7-15/h10H,5-7,13H2,1-4H3. The molecule has 7 heteroatoms. The van der Waals surface area contributed by atoms with Gasteiger partial charge in [-0.1, -0.05) is 13.8 Å². The van der Waals surface area contributed by atoms with Crippen molar-refractivity contribution in [3.8, 4) is 0 Å². The Bertz CT molecular complexity index is 578. The van der Waals surface area contributed by atoms with Crippen LogP contribution in [0.2, 0.25) is 0 Å². The number of aryl methyl sites for hydroxylation is 2. The summed E-state index contributed by atoms with van der Waals surface area (Å²) in [6.07, 6.45) is 0.697. The SMILES string of the molecule is Cc1nc(C)c(S(=O)(=O)N2CCC(N)C(C)(C)C2)s1. The first-order chi connectivity index (χ1) is 8.64. The number of nitrogens with two attached hydrogens (primary N) is 1. The van der Waals surface area contributed by atoms with Gasteiger partial charge in [-0.2, -0.15) is 4.31 Å². The van der Waals surface area contributed by atoms with E-state index in [-0.39, 0.29) is 11.5 Å². The number of hydrogen-bond donors (Lipinski definition) is 1. The summed E-state index contributed by atoms with van der Waals surface area (Å²) in [6, 6.07) is 0.0447. The van der Waals surface area contributed by atoms with Crippen LogP contribution in [-0.2, 0) is 10.0 Å². The monoisotopic (exact) mass is 303 g/mol. The van der Waals surface area contributed by atoms with Gasteiger partial charge in [-0.05, 0) is 25.7 Å². The molecule has 2 N–H and O–H groups in total. The van der Waals surface area contributed by atoms with Crippen LogP contribution in [0, 0.1) is 19.3 Å². The highest BCUT2D eigenvalue weighted by molar-refractivity contribution is 7.91. The molecule has 0 amide bonds. The van der Waals surface area contributed by atoms with E-state index in [1.165, 1.54) is 11.3 Å². The molecule has 5 nitrogen and oxygen atoms in total. The Morgan fingerprint density at radius 2 is 2.05 bits per heavy atom. The smallest absolute Gasteiger partial charge is 0.254 e. The third-order valence-electron chi connectivity index (χ3n) is 3.71. The maximum atomic E-state index is 12.7. The Hall–Kier alpha value is -0.500. The van der Waals surface area contributed by atoms with Crippen molar-refractivity contribution < 1.29 is 8.42 Å². The van der Waals surface area contributed by atoms with Crippen molar-refractivity contribution in [1.82, 2.24) is 9.29 Å². The maximum Gasteiger partial charge on any atom is 0.254 e. The number of rotatable bonds is 2. The van der Waals surface area contributed by atoms with E-state index < -0.39 is 10.0 Å². The molecular weight excluding hydrogens is 282 g/mol. The van der Waals surface area contributed by atoms with Crippen molar-refractivity contribution in [2.75, 3.05) is 13.1 Å². The Balaban J connectivity index is 2.34. The van der Waals surface area contributed by atoms with Crippen molar-refractivity contribution in [2.24, 2.45) is 11.1 Å². The molecule has 1 aromatic rings. The summed E-state index contributed by atoms with van der Waals surface area (Å²) in [4.78, 5) is 4.21. The van der Waals surface area contributed by atoms with Crippen LogP contribution >= 0.6 is 11.3 Å². The van der Waals surface area contributed by atoms with Crippen LogP contribution in [-0.4, -0.2) is 36.8 Å². The van der Waals surface area contributed by atoms with Crippen LogP contribution in [0.3, 0.4) is 0 Å². The number of sulfonamides is 1. The molecular formula is C12H21N3O2S2. The van der Waals surface area contributed by atoms with Crippen LogP contribution in [0.25, 0.3) is 0 Å². The van der Waals surface area contributed by atoms with E-state index in [4.69, 9.17) is 5.73 Å². The van der Waals surface area contributed by atoms with Gasteiger partial charge in [0.25, 0.3) is 10.0 Å². The predicted molar refractivity (Wildman–Crippen MR) is 76.7 cm³/mol. The zero-order chi connectivity index (χ0) is 14.4. The molecule has 1 saturated heterocycles. The minimum atomic E-state index is -3.43. The van der Waals surface area contributed by atoms with Crippen molar-refractivity contribution in [2.45, 2.75) is 44.4 Å². The second-order valence-electron chi connectivity index (χ2n) is 5.83. The summed E-state index contributed by atoms with van der Waals surface area (Å²) in [6.45, 7) is 8.56. The van der Waals surface area contributed by atoms with Crippen molar-refractivity contribution in [3.05, 3.63) is 10.7 Å². The minimum Gasteiger partial charge on any atom is -0.327 e. The van der Waals surface area contributed by atoms with E-state index in [0.717, 1.165) is 5.01 Å². The van der Waals surface area contributed by atoms with E-state index in [0.29, 0.717) is 29.4 Å². The summed E-state index contributed by atoms with van der Waals surface area (Å²) in [5, 5.41) is 0.782.